The van der Waals surface area contributed by atoms with Gasteiger partial charge in [-0.05, 0) is 19.2 Å². The Bertz CT molecular complexity index is 586. The first kappa shape index (κ1) is 14.3. The molecular formula is C16H19FN2O. The molecule has 0 aliphatic rings. The molecule has 0 aliphatic heterocycles. The summed E-state index contributed by atoms with van der Waals surface area (Å²) >= 11 is 0. The van der Waals surface area contributed by atoms with Crippen molar-refractivity contribution in [3.8, 4) is 5.75 Å². The van der Waals surface area contributed by atoms with Gasteiger partial charge < -0.3 is 10.5 Å². The summed E-state index contributed by atoms with van der Waals surface area (Å²) in [6.45, 7) is 1.17. The Morgan fingerprint density at radius 2 is 1.70 bits per heavy atom. The lowest BCUT2D eigenvalue weighted by Crippen LogP contribution is -2.18. The van der Waals surface area contributed by atoms with Crippen molar-refractivity contribution < 1.29 is 9.13 Å². The zero-order chi connectivity index (χ0) is 14.5. The number of para-hydroxylation sites is 1. The lowest BCUT2D eigenvalue weighted by molar-refractivity contribution is 0.305. The third-order valence-corrected chi connectivity index (χ3v) is 3.18. The quantitative estimate of drug-likeness (QED) is 0.852. The summed E-state index contributed by atoms with van der Waals surface area (Å²) in [5, 5.41) is 0. The van der Waals surface area contributed by atoms with Gasteiger partial charge in [-0.2, -0.15) is 0 Å². The molecule has 0 fully saturated rings. The number of methoxy groups -OCH3 is 1. The minimum atomic E-state index is -0.334. The lowest BCUT2D eigenvalue weighted by Gasteiger charge is -2.19. The van der Waals surface area contributed by atoms with Crippen molar-refractivity contribution >= 4 is 5.69 Å². The largest absolute Gasteiger partial charge is 0.496 e. The monoisotopic (exact) mass is 274 g/mol. The predicted octanol–water partition coefficient (Wildman–Crippen LogP) is 3.05. The van der Waals surface area contributed by atoms with E-state index >= 15 is 0 Å². The van der Waals surface area contributed by atoms with E-state index in [9.17, 15) is 4.39 Å². The number of hydrogen-bond donors (Lipinski definition) is 1. The van der Waals surface area contributed by atoms with E-state index in [2.05, 4.69) is 0 Å². The van der Waals surface area contributed by atoms with E-state index in [1.807, 2.05) is 36.2 Å². The van der Waals surface area contributed by atoms with E-state index in [0.29, 0.717) is 18.7 Å². The summed E-state index contributed by atoms with van der Waals surface area (Å²) in [7, 11) is 3.59. The first-order chi connectivity index (χ1) is 9.61. The van der Waals surface area contributed by atoms with E-state index in [1.165, 1.54) is 0 Å². The summed E-state index contributed by atoms with van der Waals surface area (Å²) in [5.41, 5.74) is 7.44. The van der Waals surface area contributed by atoms with Gasteiger partial charge in [0, 0.05) is 24.2 Å². The lowest BCUT2D eigenvalue weighted by atomic mass is 10.1. The number of halogens is 1. The highest BCUT2D eigenvalue weighted by molar-refractivity contribution is 5.43. The van der Waals surface area contributed by atoms with Crippen LogP contribution in [0.15, 0.2) is 42.5 Å². The zero-order valence-electron chi connectivity index (χ0n) is 11.8. The van der Waals surface area contributed by atoms with Crippen molar-refractivity contribution in [1.29, 1.82) is 0 Å². The number of nitrogen functional groups attached to an aromatic ring is 1. The van der Waals surface area contributed by atoms with Crippen LogP contribution in [-0.4, -0.2) is 19.1 Å². The highest BCUT2D eigenvalue weighted by Crippen LogP contribution is 2.21. The van der Waals surface area contributed by atoms with Crippen LogP contribution in [-0.2, 0) is 13.1 Å². The molecule has 2 aromatic carbocycles. The number of benzene rings is 2. The number of rotatable bonds is 5. The molecule has 0 unspecified atom stereocenters. The molecular weight excluding hydrogens is 255 g/mol. The normalized spacial score (nSPS) is 10.8. The first-order valence-corrected chi connectivity index (χ1v) is 6.45. The van der Waals surface area contributed by atoms with Crippen LogP contribution in [0.2, 0.25) is 0 Å². The van der Waals surface area contributed by atoms with E-state index < -0.39 is 0 Å². The Balaban J connectivity index is 2.09. The minimum Gasteiger partial charge on any atom is -0.496 e. The maximum Gasteiger partial charge on any atom is 0.150 e. The molecule has 0 spiro atoms. The fourth-order valence-electron chi connectivity index (χ4n) is 2.19. The van der Waals surface area contributed by atoms with Gasteiger partial charge in [-0.3, -0.25) is 4.90 Å². The number of nitrogens with two attached hydrogens (primary N) is 1. The van der Waals surface area contributed by atoms with Gasteiger partial charge in [0.1, 0.15) is 5.75 Å². The minimum absolute atomic E-state index is 0.188. The molecule has 106 valence electrons. The summed E-state index contributed by atoms with van der Waals surface area (Å²) in [5.74, 6) is 0.506. The van der Waals surface area contributed by atoms with Crippen molar-refractivity contribution in [2.24, 2.45) is 0 Å². The van der Waals surface area contributed by atoms with Crippen molar-refractivity contribution in [3.63, 3.8) is 0 Å². The van der Waals surface area contributed by atoms with E-state index in [4.69, 9.17) is 10.5 Å². The van der Waals surface area contributed by atoms with E-state index in [0.717, 1.165) is 11.3 Å². The molecule has 20 heavy (non-hydrogen) atoms. The van der Waals surface area contributed by atoms with Crippen LogP contribution in [0.25, 0.3) is 0 Å². The second-order valence-electron chi connectivity index (χ2n) is 4.80. The molecule has 3 nitrogen and oxygen atoms in total. The van der Waals surface area contributed by atoms with Gasteiger partial charge in [0.25, 0.3) is 0 Å². The van der Waals surface area contributed by atoms with Crippen LogP contribution >= 0.6 is 0 Å². The molecule has 0 bridgehead atoms. The molecule has 0 heterocycles. The van der Waals surface area contributed by atoms with Crippen molar-refractivity contribution in [3.05, 3.63) is 59.4 Å². The fourth-order valence-corrected chi connectivity index (χ4v) is 2.19. The molecule has 0 amide bonds. The average molecular weight is 274 g/mol. The molecule has 2 N–H and O–H groups in total. The molecule has 0 saturated heterocycles. The fraction of sp³-hybridized carbons (Fsp3) is 0.250. The number of anilines is 1. The average Bonchev–Trinajstić information content (AvgIpc) is 2.44. The Labute approximate surface area is 118 Å². The Morgan fingerprint density at radius 3 is 2.45 bits per heavy atom. The topological polar surface area (TPSA) is 38.5 Å². The Kier molecular flexibility index (Phi) is 4.58. The van der Waals surface area contributed by atoms with Crippen molar-refractivity contribution in [2.45, 2.75) is 13.1 Å². The smallest absolute Gasteiger partial charge is 0.150 e. The molecule has 0 radical (unpaired) electrons. The summed E-state index contributed by atoms with van der Waals surface area (Å²) in [6, 6.07) is 12.9. The van der Waals surface area contributed by atoms with Crippen molar-refractivity contribution in [1.82, 2.24) is 4.90 Å². The third kappa shape index (κ3) is 3.27. The number of hydrogen-bond acceptors (Lipinski definition) is 3. The summed E-state index contributed by atoms with van der Waals surface area (Å²) < 4.78 is 19.2. The van der Waals surface area contributed by atoms with Gasteiger partial charge in [-0.25, -0.2) is 4.39 Å². The van der Waals surface area contributed by atoms with Gasteiger partial charge in [0.05, 0.1) is 12.8 Å². The standard InChI is InChI=1S/C16H19FN2O/c1-19(10-12-6-3-4-9-15(12)20-2)11-13-7-5-8-14(18)16(13)17/h3-9H,10-11,18H2,1-2H3. The third-order valence-electron chi connectivity index (χ3n) is 3.18. The van der Waals surface area contributed by atoms with E-state index in [-0.39, 0.29) is 11.5 Å². The van der Waals surface area contributed by atoms with Crippen LogP contribution in [0.3, 0.4) is 0 Å². The second kappa shape index (κ2) is 6.39. The second-order valence-corrected chi connectivity index (χ2v) is 4.80. The maximum absolute atomic E-state index is 13.9. The van der Waals surface area contributed by atoms with Gasteiger partial charge in [0.15, 0.2) is 5.82 Å². The molecule has 0 aliphatic carbocycles. The Morgan fingerprint density at radius 1 is 1.05 bits per heavy atom. The number of ether oxygens (including phenoxy) is 1. The molecule has 2 aromatic rings. The summed E-state index contributed by atoms with van der Waals surface area (Å²) in [6.07, 6.45) is 0. The molecule has 0 aromatic heterocycles. The van der Waals surface area contributed by atoms with E-state index in [1.54, 1.807) is 25.3 Å². The van der Waals surface area contributed by atoms with Crippen molar-refractivity contribution in [2.75, 3.05) is 19.9 Å². The highest BCUT2D eigenvalue weighted by Gasteiger charge is 2.10. The van der Waals surface area contributed by atoms with Gasteiger partial charge in [0.2, 0.25) is 0 Å². The summed E-state index contributed by atoms with van der Waals surface area (Å²) in [4.78, 5) is 2.02. The SMILES string of the molecule is COc1ccccc1CN(C)Cc1cccc(N)c1F. The van der Waals surface area contributed by atoms with Gasteiger partial charge >= 0.3 is 0 Å². The molecule has 0 saturated carbocycles. The van der Waals surface area contributed by atoms with Crippen LogP contribution in [0, 0.1) is 5.82 Å². The van der Waals surface area contributed by atoms with Crippen LogP contribution in [0.4, 0.5) is 10.1 Å². The zero-order valence-corrected chi connectivity index (χ0v) is 11.8. The number of nitrogens with zero attached hydrogens (tertiary/aromatic N) is 1. The maximum atomic E-state index is 13.9. The Hall–Kier alpha value is -2.07. The van der Waals surface area contributed by atoms with Crippen LogP contribution in [0.1, 0.15) is 11.1 Å². The predicted molar refractivity (Wildman–Crippen MR) is 79.0 cm³/mol. The van der Waals surface area contributed by atoms with Gasteiger partial charge in [-0.1, -0.05) is 30.3 Å². The highest BCUT2D eigenvalue weighted by atomic mass is 19.1. The molecule has 0 atom stereocenters. The first-order valence-electron chi connectivity index (χ1n) is 6.45. The van der Waals surface area contributed by atoms with Gasteiger partial charge in [-0.15, -0.1) is 0 Å². The van der Waals surface area contributed by atoms with Crippen LogP contribution < -0.4 is 10.5 Å². The molecule has 2 rings (SSSR count). The van der Waals surface area contributed by atoms with Crippen LogP contribution in [0.5, 0.6) is 5.75 Å². The molecule has 4 heteroatoms.